The van der Waals surface area contributed by atoms with E-state index in [9.17, 15) is 9.59 Å². The smallest absolute Gasteiger partial charge is 0.309 e. The summed E-state index contributed by atoms with van der Waals surface area (Å²) >= 11 is 0. The van der Waals surface area contributed by atoms with Gasteiger partial charge in [0.2, 0.25) is 5.95 Å². The Morgan fingerprint density at radius 2 is 1.72 bits per heavy atom. The molecule has 2 aliphatic heterocycles. The van der Waals surface area contributed by atoms with Gasteiger partial charge < -0.3 is 14.5 Å². The topological polar surface area (TPSA) is 78.9 Å². The lowest BCUT2D eigenvalue weighted by Gasteiger charge is -2.35. The third-order valence-electron chi connectivity index (χ3n) is 6.21. The lowest BCUT2D eigenvalue weighted by atomic mass is 9.97. The summed E-state index contributed by atoms with van der Waals surface area (Å²) in [5.74, 6) is 0.138. The van der Waals surface area contributed by atoms with Gasteiger partial charge in [0.25, 0.3) is 5.91 Å². The van der Waals surface area contributed by atoms with Gasteiger partial charge in [0.05, 0.1) is 5.92 Å². The van der Waals surface area contributed by atoms with E-state index in [1.165, 1.54) is 11.1 Å². The first-order valence-corrected chi connectivity index (χ1v) is 11.3. The van der Waals surface area contributed by atoms with Gasteiger partial charge in [0.15, 0.2) is 6.61 Å². The number of esters is 1. The zero-order chi connectivity index (χ0) is 22.3. The maximum atomic E-state index is 12.5. The van der Waals surface area contributed by atoms with Crippen molar-refractivity contribution in [3.8, 4) is 0 Å². The summed E-state index contributed by atoms with van der Waals surface area (Å²) in [5, 5.41) is 0. The van der Waals surface area contributed by atoms with E-state index >= 15 is 0 Å². The van der Waals surface area contributed by atoms with E-state index in [1.54, 1.807) is 23.4 Å². The van der Waals surface area contributed by atoms with Gasteiger partial charge in [-0.1, -0.05) is 29.8 Å². The fourth-order valence-corrected chi connectivity index (χ4v) is 4.34. The lowest BCUT2D eigenvalue weighted by molar-refractivity contribution is -0.156. The van der Waals surface area contributed by atoms with E-state index in [0.29, 0.717) is 45.0 Å². The Morgan fingerprint density at radius 1 is 1.00 bits per heavy atom. The van der Waals surface area contributed by atoms with E-state index in [1.807, 2.05) is 0 Å². The molecule has 2 fully saturated rings. The van der Waals surface area contributed by atoms with E-state index < -0.39 is 0 Å². The first-order valence-electron chi connectivity index (χ1n) is 11.3. The molecule has 8 nitrogen and oxygen atoms in total. The number of benzene rings is 1. The molecule has 32 heavy (non-hydrogen) atoms. The maximum absolute atomic E-state index is 12.5. The third kappa shape index (κ3) is 5.82. The molecule has 2 aromatic rings. The largest absolute Gasteiger partial charge is 0.455 e. The number of carbonyl (C=O) groups excluding carboxylic acids is 2. The minimum absolute atomic E-state index is 0.108. The van der Waals surface area contributed by atoms with Crippen LogP contribution in [0.2, 0.25) is 0 Å². The Labute approximate surface area is 189 Å². The molecule has 8 heteroatoms. The molecule has 0 atom stereocenters. The second-order valence-corrected chi connectivity index (χ2v) is 8.56. The molecule has 0 saturated carbocycles. The number of hydrogen-bond acceptors (Lipinski definition) is 7. The number of amides is 1. The molecule has 170 valence electrons. The van der Waals surface area contributed by atoms with Gasteiger partial charge in [-0.25, -0.2) is 9.97 Å². The number of ether oxygens (including phenoxy) is 1. The minimum Gasteiger partial charge on any atom is -0.455 e. The van der Waals surface area contributed by atoms with Crippen molar-refractivity contribution in [3.63, 3.8) is 0 Å². The van der Waals surface area contributed by atoms with Crippen molar-refractivity contribution in [2.45, 2.75) is 26.3 Å². The number of piperazine rings is 1. The first-order chi connectivity index (χ1) is 15.6. The second-order valence-electron chi connectivity index (χ2n) is 8.56. The summed E-state index contributed by atoms with van der Waals surface area (Å²) < 4.78 is 5.38. The SMILES string of the molecule is Cc1cccc(CN2CCN(C(=O)COC(=O)C3CCN(c4ncccn4)CC3)CC2)c1. The van der Waals surface area contributed by atoms with Crippen LogP contribution >= 0.6 is 0 Å². The molecule has 0 N–H and O–H groups in total. The van der Waals surface area contributed by atoms with E-state index in [0.717, 1.165) is 19.6 Å². The Hall–Kier alpha value is -3.00. The number of nitrogens with zero attached hydrogens (tertiary/aromatic N) is 5. The van der Waals surface area contributed by atoms with Gasteiger partial charge in [-0.2, -0.15) is 0 Å². The number of rotatable bonds is 6. The zero-order valence-electron chi connectivity index (χ0n) is 18.7. The molecule has 1 amide bonds. The predicted molar refractivity (Wildman–Crippen MR) is 121 cm³/mol. The van der Waals surface area contributed by atoms with Gasteiger partial charge in [-0.3, -0.25) is 14.5 Å². The average molecular weight is 438 g/mol. The molecule has 0 aliphatic carbocycles. The fraction of sp³-hybridized carbons (Fsp3) is 0.500. The van der Waals surface area contributed by atoms with Gasteiger partial charge in [-0.05, 0) is 31.4 Å². The van der Waals surface area contributed by atoms with Crippen molar-refractivity contribution < 1.29 is 14.3 Å². The summed E-state index contributed by atoms with van der Waals surface area (Å²) in [6.07, 6.45) is 4.80. The van der Waals surface area contributed by atoms with Crippen LogP contribution in [0.15, 0.2) is 42.7 Å². The third-order valence-corrected chi connectivity index (χ3v) is 6.21. The van der Waals surface area contributed by atoms with Gasteiger partial charge in [0, 0.05) is 58.2 Å². The summed E-state index contributed by atoms with van der Waals surface area (Å²) in [6, 6.07) is 10.3. The van der Waals surface area contributed by atoms with Crippen LogP contribution in [-0.4, -0.2) is 77.5 Å². The summed E-state index contributed by atoms with van der Waals surface area (Å²) in [5.41, 5.74) is 2.56. The number of aryl methyl sites for hydroxylation is 1. The maximum Gasteiger partial charge on any atom is 0.309 e. The van der Waals surface area contributed by atoms with Crippen LogP contribution in [0.3, 0.4) is 0 Å². The fourth-order valence-electron chi connectivity index (χ4n) is 4.34. The highest BCUT2D eigenvalue weighted by atomic mass is 16.5. The number of aromatic nitrogens is 2. The zero-order valence-corrected chi connectivity index (χ0v) is 18.7. The standard InChI is InChI=1S/C24H31N5O3/c1-19-4-2-5-20(16-19)17-27-12-14-28(15-13-27)22(30)18-32-23(31)21-6-10-29(11-7-21)24-25-8-3-9-26-24/h2-5,8-9,16,21H,6-7,10-15,17-18H2,1H3. The summed E-state index contributed by atoms with van der Waals surface area (Å²) in [6.45, 7) is 7.23. The molecule has 0 spiro atoms. The van der Waals surface area contributed by atoms with Crippen molar-refractivity contribution in [2.75, 3.05) is 50.8 Å². The number of piperidine rings is 1. The highest BCUT2D eigenvalue weighted by Crippen LogP contribution is 2.21. The van der Waals surface area contributed by atoms with Crippen LogP contribution in [-0.2, 0) is 20.9 Å². The van der Waals surface area contributed by atoms with Crippen LogP contribution in [0.25, 0.3) is 0 Å². The van der Waals surface area contributed by atoms with E-state index in [2.05, 4.69) is 51.0 Å². The van der Waals surface area contributed by atoms with Crippen molar-refractivity contribution in [3.05, 3.63) is 53.9 Å². The highest BCUT2D eigenvalue weighted by Gasteiger charge is 2.28. The molecule has 1 aromatic heterocycles. The van der Waals surface area contributed by atoms with E-state index in [4.69, 9.17) is 4.74 Å². The molecule has 2 aliphatic rings. The normalized spacial score (nSPS) is 17.9. The Morgan fingerprint density at radius 3 is 2.41 bits per heavy atom. The first kappa shape index (κ1) is 22.2. The Balaban J connectivity index is 1.16. The van der Waals surface area contributed by atoms with Gasteiger partial charge in [0.1, 0.15) is 0 Å². The second kappa shape index (κ2) is 10.5. The molecule has 2 saturated heterocycles. The van der Waals surface area contributed by atoms with Crippen LogP contribution in [0.5, 0.6) is 0 Å². The van der Waals surface area contributed by atoms with Crippen LogP contribution in [0.4, 0.5) is 5.95 Å². The van der Waals surface area contributed by atoms with Crippen molar-refractivity contribution in [2.24, 2.45) is 5.92 Å². The lowest BCUT2D eigenvalue weighted by Crippen LogP contribution is -2.49. The summed E-state index contributed by atoms with van der Waals surface area (Å²) in [4.78, 5) is 39.8. The molecular weight excluding hydrogens is 406 g/mol. The summed E-state index contributed by atoms with van der Waals surface area (Å²) in [7, 11) is 0. The van der Waals surface area contributed by atoms with Crippen molar-refractivity contribution in [1.82, 2.24) is 19.8 Å². The monoisotopic (exact) mass is 437 g/mol. The predicted octanol–water partition coefficient (Wildman–Crippen LogP) is 1.89. The highest BCUT2D eigenvalue weighted by molar-refractivity contribution is 5.81. The Kier molecular flexibility index (Phi) is 7.32. The van der Waals surface area contributed by atoms with Crippen LogP contribution in [0.1, 0.15) is 24.0 Å². The van der Waals surface area contributed by atoms with E-state index in [-0.39, 0.29) is 24.4 Å². The molecule has 0 unspecified atom stereocenters. The molecule has 4 rings (SSSR count). The van der Waals surface area contributed by atoms with Crippen LogP contribution in [0, 0.1) is 12.8 Å². The number of anilines is 1. The van der Waals surface area contributed by atoms with Crippen LogP contribution < -0.4 is 4.90 Å². The molecule has 0 bridgehead atoms. The number of carbonyl (C=O) groups is 2. The van der Waals surface area contributed by atoms with Crippen molar-refractivity contribution >= 4 is 17.8 Å². The molecule has 1 aromatic carbocycles. The van der Waals surface area contributed by atoms with Crippen molar-refractivity contribution in [1.29, 1.82) is 0 Å². The number of hydrogen-bond donors (Lipinski definition) is 0. The quantitative estimate of drug-likeness (QED) is 0.639. The average Bonchev–Trinajstić information content (AvgIpc) is 2.83. The molecule has 3 heterocycles. The Bertz CT molecular complexity index is 907. The molecular formula is C24H31N5O3. The molecule has 0 radical (unpaired) electrons. The van der Waals surface area contributed by atoms with Gasteiger partial charge >= 0.3 is 5.97 Å². The van der Waals surface area contributed by atoms with Gasteiger partial charge in [-0.15, -0.1) is 0 Å². The minimum atomic E-state index is -0.273.